The lowest BCUT2D eigenvalue weighted by molar-refractivity contribution is -0.396. The Balaban J connectivity index is 1.07. The molecule has 0 amide bonds. The Bertz CT molecular complexity index is 1780. The molecule has 21 aliphatic heterocycles. The smallest absolute Gasteiger partial charge is 0.187 e. The molecule has 0 aliphatic carbocycles. The lowest BCUT2D eigenvalue weighted by Crippen LogP contribution is -2.68. The van der Waals surface area contributed by atoms with Gasteiger partial charge < -0.3 is 168 Å². The molecule has 0 saturated carbocycles. The Morgan fingerprint density at radius 2 is 0.395 bits per heavy atom. The van der Waals surface area contributed by atoms with Crippen molar-refractivity contribution in [1.29, 1.82) is 0 Å². The van der Waals surface area contributed by atoms with Crippen molar-refractivity contribution in [3.05, 3.63) is 0 Å². The van der Waals surface area contributed by atoms with Crippen LogP contribution in [0, 0.1) is 0 Å². The summed E-state index contributed by atoms with van der Waals surface area (Å²) in [6.07, 6.45) is -65.6. The summed E-state index contributed by atoms with van der Waals surface area (Å²) in [5, 5.41) is 219. The van der Waals surface area contributed by atoms with Gasteiger partial charge in [-0.3, -0.25) is 0 Å². The van der Waals surface area contributed by atoms with Crippen molar-refractivity contribution in [2.75, 3.05) is 46.2 Å². The second-order valence-electron chi connectivity index (χ2n) is 19.5. The molecule has 21 aliphatic rings. The first-order chi connectivity index (χ1) is 36.2. The maximum absolute atomic E-state index is 11.3. The lowest BCUT2D eigenvalue weighted by Gasteiger charge is -2.50. The van der Waals surface area contributed by atoms with Crippen LogP contribution < -0.4 is 0 Å². The van der Waals surface area contributed by atoms with E-state index in [9.17, 15) is 102 Å². The maximum atomic E-state index is 11.3. The quantitative estimate of drug-likeness (QED) is 0.113. The molecule has 21 fully saturated rings. The van der Waals surface area contributed by atoms with Crippen molar-refractivity contribution in [1.82, 2.24) is 0 Å². The van der Waals surface area contributed by atoms with Crippen LogP contribution in [0.3, 0.4) is 0 Å². The van der Waals surface area contributed by atoms with E-state index in [0.29, 0.717) is 0 Å². The van der Waals surface area contributed by atoms with Crippen LogP contribution in [0.15, 0.2) is 0 Å². The van der Waals surface area contributed by atoms with Gasteiger partial charge in [-0.25, -0.2) is 0 Å². The Labute approximate surface area is 429 Å². The SMILES string of the molecule is OC[C@H]1OC2O[C@H]3[C@H](O)[C@@H](O)C(O[C@H]4[C@H](O)[C@@H](O)C(O[C@H]5C[C@@H](O)C(O[C@H]6[C@H](O)[C@@H](O)C(O[C@H]7[C@H](O)[C@@H](O)C(O[C@H]8[C@H](O)[C@@H](O)C(OC1[C@H](O)[C@H]2O)O[C@@H]8CO)O[C@@H]7CO)O[C@@H]6CO)O[C@@H]5CO)O[C@@H]4CO)O[C@@H]3CO. The molecule has 14 bridgehead atoms. The van der Waals surface area contributed by atoms with Gasteiger partial charge in [0.05, 0.1) is 52.4 Å². The minimum Gasteiger partial charge on any atom is -0.394 e. The Kier molecular flexibility index (Phi) is 20.6. The van der Waals surface area contributed by atoms with Gasteiger partial charge in [-0.1, -0.05) is 0 Å². The van der Waals surface area contributed by atoms with Crippen molar-refractivity contribution < 1.29 is 168 Å². The van der Waals surface area contributed by atoms with Gasteiger partial charge >= 0.3 is 0 Å². The van der Waals surface area contributed by atoms with Gasteiger partial charge in [-0.2, -0.15) is 0 Å². The van der Waals surface area contributed by atoms with E-state index < -0.39 is 262 Å². The first-order valence-electron chi connectivity index (χ1n) is 24.5. The highest BCUT2D eigenvalue weighted by molar-refractivity contribution is 5.01. The largest absolute Gasteiger partial charge is 0.394 e. The first-order valence-corrected chi connectivity index (χ1v) is 24.5. The Hall–Kier alpha value is -1.36. The van der Waals surface area contributed by atoms with Gasteiger partial charge in [-0.15, -0.1) is 0 Å². The van der Waals surface area contributed by atoms with Crippen LogP contribution in [-0.2, 0) is 66.3 Å². The molecule has 34 nitrogen and oxygen atoms in total. The summed E-state index contributed by atoms with van der Waals surface area (Å²) in [6, 6.07) is 0. The minimum atomic E-state index is -2.19. The molecule has 0 spiro atoms. The van der Waals surface area contributed by atoms with E-state index in [1.54, 1.807) is 0 Å². The molecule has 0 aromatic carbocycles. The molecule has 34 atom stereocenters. The third kappa shape index (κ3) is 11.9. The third-order valence-corrected chi connectivity index (χ3v) is 14.7. The fourth-order valence-corrected chi connectivity index (χ4v) is 10.4. The normalized spacial score (nSPS) is 54.9. The number of aliphatic hydroxyl groups is 20. The second kappa shape index (κ2) is 25.8. The summed E-state index contributed by atoms with van der Waals surface area (Å²) in [5.74, 6) is 0. The van der Waals surface area contributed by atoms with E-state index in [4.69, 9.17) is 66.3 Å². The summed E-state index contributed by atoms with van der Waals surface area (Å²) in [6.45, 7) is -6.95. The second-order valence-corrected chi connectivity index (χ2v) is 19.5. The van der Waals surface area contributed by atoms with Crippen LogP contribution in [0.4, 0.5) is 0 Å². The zero-order valence-electron chi connectivity index (χ0n) is 39.9. The van der Waals surface area contributed by atoms with Gasteiger partial charge in [-0.05, 0) is 0 Å². The summed E-state index contributed by atoms with van der Waals surface area (Å²) >= 11 is 0. The van der Waals surface area contributed by atoms with Gasteiger partial charge in [0.1, 0.15) is 159 Å². The van der Waals surface area contributed by atoms with Crippen molar-refractivity contribution >= 4 is 0 Å². The standard InChI is InChI=1S/C42H70O34/c43-2-11-10-1-9(50)36(64-11)71-30-12(3-44)66-38(25(58)19(30)52)73-32-14(5-46)68-40(27(60)21(32)54)75-34-16(7-48)70-42(29(62)23(34)56)76-35-17(8-49)69-41(28(61)22(35)55)74-33-15(6-47)67-39(26(59)20(33)53)72-31-13(4-45)65-37(63-10)24(57)18(31)51/h9-62H,1-8H2/t9-,10+,11-,12-,13-,14-,15-,16-,17-,18-,19-,20-,21-,22-,23-,24-,25-,26-,27-,28-,29-,30-,31-,32-,33-,34-,35?,36?,37?,38?,39?,40?,41?,42?/m1/s1. The highest BCUT2D eigenvalue weighted by Crippen LogP contribution is 2.38. The fraction of sp³-hybridized carbons (Fsp3) is 1.00. The Morgan fingerprint density at radius 3 is 0.605 bits per heavy atom. The zero-order chi connectivity index (χ0) is 55.2. The van der Waals surface area contributed by atoms with E-state index in [1.807, 2.05) is 0 Å². The van der Waals surface area contributed by atoms with E-state index in [-0.39, 0.29) is 0 Å². The Morgan fingerprint density at radius 1 is 0.211 bits per heavy atom. The van der Waals surface area contributed by atoms with Crippen LogP contribution in [0.2, 0.25) is 0 Å². The fourth-order valence-electron chi connectivity index (χ4n) is 10.4. The highest BCUT2D eigenvalue weighted by Gasteiger charge is 2.59. The molecule has 34 heteroatoms. The van der Waals surface area contributed by atoms with E-state index >= 15 is 0 Å². The van der Waals surface area contributed by atoms with Crippen LogP contribution in [0.25, 0.3) is 0 Å². The van der Waals surface area contributed by atoms with E-state index in [0.717, 1.165) is 0 Å². The molecule has 0 aromatic rings. The van der Waals surface area contributed by atoms with Gasteiger partial charge in [0.2, 0.25) is 0 Å². The predicted octanol–water partition coefficient (Wildman–Crippen LogP) is -14.2. The lowest BCUT2D eigenvalue weighted by atomic mass is 9.95. The monoisotopic (exact) mass is 1120 g/mol. The predicted molar refractivity (Wildman–Crippen MR) is 227 cm³/mol. The average molecular weight is 1120 g/mol. The number of rotatable bonds is 7. The number of aliphatic hydroxyl groups excluding tert-OH is 20. The van der Waals surface area contributed by atoms with Crippen molar-refractivity contribution in [3.8, 4) is 0 Å². The summed E-state index contributed by atoms with van der Waals surface area (Å²) in [7, 11) is 0. The summed E-state index contributed by atoms with van der Waals surface area (Å²) < 4.78 is 80.0. The van der Waals surface area contributed by atoms with E-state index in [2.05, 4.69) is 0 Å². The van der Waals surface area contributed by atoms with Crippen LogP contribution in [0.5, 0.6) is 0 Å². The van der Waals surface area contributed by atoms with Crippen LogP contribution >= 0.6 is 0 Å². The summed E-state index contributed by atoms with van der Waals surface area (Å²) in [4.78, 5) is 0. The molecule has 20 N–H and O–H groups in total. The van der Waals surface area contributed by atoms with Crippen molar-refractivity contribution in [2.45, 2.75) is 215 Å². The molecule has 21 rings (SSSR count). The van der Waals surface area contributed by atoms with E-state index in [1.165, 1.54) is 0 Å². The molecule has 0 aromatic heterocycles. The molecule has 21 saturated heterocycles. The molecule has 0 radical (unpaired) electrons. The van der Waals surface area contributed by atoms with Crippen LogP contribution in [-0.4, -0.2) is 357 Å². The van der Waals surface area contributed by atoms with Gasteiger partial charge in [0, 0.05) is 6.42 Å². The number of ether oxygens (including phenoxy) is 14. The van der Waals surface area contributed by atoms with Crippen molar-refractivity contribution in [3.63, 3.8) is 0 Å². The number of hydrogen-bond donors (Lipinski definition) is 20. The van der Waals surface area contributed by atoms with Crippen LogP contribution in [0.1, 0.15) is 6.42 Å². The average Bonchev–Trinajstić information content (AvgIpc) is 3.42. The molecule has 8 unspecified atom stereocenters. The molecule has 76 heavy (non-hydrogen) atoms. The highest BCUT2D eigenvalue weighted by atomic mass is 16.8. The number of hydrogen-bond acceptors (Lipinski definition) is 34. The first kappa shape index (κ1) is 60.7. The zero-order valence-corrected chi connectivity index (χ0v) is 39.9. The van der Waals surface area contributed by atoms with Gasteiger partial charge in [0.15, 0.2) is 44.0 Å². The topological polar surface area (TPSA) is 534 Å². The molecule has 21 heterocycles. The van der Waals surface area contributed by atoms with Gasteiger partial charge in [0.25, 0.3) is 0 Å². The maximum Gasteiger partial charge on any atom is 0.187 e. The summed E-state index contributed by atoms with van der Waals surface area (Å²) in [5.41, 5.74) is 0. The third-order valence-electron chi connectivity index (χ3n) is 14.7. The molecular weight excluding hydrogens is 1050 g/mol. The van der Waals surface area contributed by atoms with Crippen molar-refractivity contribution in [2.24, 2.45) is 0 Å². The minimum absolute atomic E-state index is 0.504. The molecular formula is C42H70O34. The molecule has 442 valence electrons.